The zero-order valence-electron chi connectivity index (χ0n) is 22.8. The predicted molar refractivity (Wildman–Crippen MR) is 140 cm³/mol. The van der Waals surface area contributed by atoms with E-state index in [0.29, 0.717) is 36.8 Å². The number of ether oxygens (including phenoxy) is 3. The lowest BCUT2D eigenvalue weighted by molar-refractivity contribution is -0.164. The minimum Gasteiger partial charge on any atom is -0.459 e. The van der Waals surface area contributed by atoms with Crippen molar-refractivity contribution in [2.24, 2.45) is 30.7 Å². The molecule has 37 heavy (non-hydrogen) atoms. The molecular formula is C29H40N2O6. The van der Waals surface area contributed by atoms with Gasteiger partial charge in [-0.1, -0.05) is 31.6 Å². The lowest BCUT2D eigenvalue weighted by Gasteiger charge is -2.43. The van der Waals surface area contributed by atoms with Crippen LogP contribution in [0.25, 0.3) is 6.08 Å². The first-order chi connectivity index (χ1) is 17.5. The summed E-state index contributed by atoms with van der Waals surface area (Å²) in [6, 6.07) is 0. The molecule has 8 heteroatoms. The number of aryl methyl sites for hydroxylation is 1. The van der Waals surface area contributed by atoms with Crippen LogP contribution in [0, 0.1) is 23.7 Å². The van der Waals surface area contributed by atoms with Crippen molar-refractivity contribution in [3.63, 3.8) is 0 Å². The summed E-state index contributed by atoms with van der Waals surface area (Å²) in [6.45, 7) is 9.27. The van der Waals surface area contributed by atoms with Crippen LogP contribution in [0.4, 0.5) is 0 Å². The first-order valence-electron chi connectivity index (χ1n) is 13.1. The normalized spacial score (nSPS) is 29.2. The first-order valence-corrected chi connectivity index (χ1v) is 13.1. The van der Waals surface area contributed by atoms with Crippen molar-refractivity contribution >= 4 is 24.0 Å². The molecule has 1 heterocycles. The molecule has 0 bridgehead atoms. The molecular weight excluding hydrogens is 472 g/mol. The summed E-state index contributed by atoms with van der Waals surface area (Å²) in [5, 5.41) is 0. The Morgan fingerprint density at radius 2 is 1.81 bits per heavy atom. The highest BCUT2D eigenvalue weighted by Gasteiger charge is 2.41. The van der Waals surface area contributed by atoms with Crippen LogP contribution >= 0.6 is 0 Å². The molecule has 0 aromatic carbocycles. The fourth-order valence-electron chi connectivity index (χ4n) is 5.63. The fourth-order valence-corrected chi connectivity index (χ4v) is 5.63. The van der Waals surface area contributed by atoms with Crippen LogP contribution in [0.2, 0.25) is 0 Å². The van der Waals surface area contributed by atoms with E-state index in [1.54, 1.807) is 18.5 Å². The van der Waals surface area contributed by atoms with Gasteiger partial charge in [-0.25, -0.2) is 9.78 Å². The largest absolute Gasteiger partial charge is 0.459 e. The van der Waals surface area contributed by atoms with Gasteiger partial charge in [-0.3, -0.25) is 9.59 Å². The highest BCUT2D eigenvalue weighted by Crippen LogP contribution is 2.45. The van der Waals surface area contributed by atoms with Gasteiger partial charge in [-0.15, -0.1) is 0 Å². The van der Waals surface area contributed by atoms with Gasteiger partial charge < -0.3 is 18.8 Å². The number of aromatic nitrogens is 2. The van der Waals surface area contributed by atoms with Crippen LogP contribution in [0.15, 0.2) is 42.4 Å². The Bertz CT molecular complexity index is 1050. The molecule has 0 amide bonds. The minimum atomic E-state index is -0.709. The molecule has 0 radical (unpaired) electrons. The SMILES string of the molecule is CC(=O)O[C@H]1C[C@@H]2[C@@H](C(C)C)CC=C(C)[C@@H]2C[C@H](OC(=O)/C=C/c2cn(C)cn2)C/C=C\[C@H]1OC(C)=O. The second-order valence-corrected chi connectivity index (χ2v) is 10.6. The average Bonchev–Trinajstić information content (AvgIpc) is 3.22. The molecule has 6 atom stereocenters. The quantitative estimate of drug-likeness (QED) is 0.234. The summed E-state index contributed by atoms with van der Waals surface area (Å²) < 4.78 is 19.1. The topological polar surface area (TPSA) is 96.7 Å². The molecule has 0 saturated heterocycles. The zero-order valence-corrected chi connectivity index (χ0v) is 22.8. The molecule has 2 aliphatic carbocycles. The van der Waals surface area contributed by atoms with Gasteiger partial charge in [0.05, 0.1) is 12.0 Å². The van der Waals surface area contributed by atoms with Crippen molar-refractivity contribution in [1.29, 1.82) is 0 Å². The van der Waals surface area contributed by atoms with Crippen LogP contribution in [-0.2, 0) is 35.6 Å². The minimum absolute atomic E-state index is 0.140. The first kappa shape index (κ1) is 28.4. The van der Waals surface area contributed by atoms with E-state index in [0.717, 1.165) is 6.42 Å². The number of carbonyl (C=O) groups is 3. The van der Waals surface area contributed by atoms with Crippen molar-refractivity contribution < 1.29 is 28.6 Å². The van der Waals surface area contributed by atoms with Gasteiger partial charge in [0.2, 0.25) is 0 Å². The molecule has 0 fully saturated rings. The van der Waals surface area contributed by atoms with E-state index < -0.39 is 30.1 Å². The van der Waals surface area contributed by atoms with Gasteiger partial charge in [-0.2, -0.15) is 0 Å². The Balaban J connectivity index is 1.91. The van der Waals surface area contributed by atoms with Crippen LogP contribution in [0.1, 0.15) is 66.0 Å². The second kappa shape index (κ2) is 12.9. The van der Waals surface area contributed by atoms with E-state index in [1.807, 2.05) is 23.9 Å². The van der Waals surface area contributed by atoms with Gasteiger partial charge in [0.1, 0.15) is 12.2 Å². The number of carbonyl (C=O) groups excluding carboxylic acids is 3. The molecule has 0 unspecified atom stereocenters. The van der Waals surface area contributed by atoms with Gasteiger partial charge in [0.25, 0.3) is 0 Å². The summed E-state index contributed by atoms with van der Waals surface area (Å²) >= 11 is 0. The van der Waals surface area contributed by atoms with Crippen LogP contribution < -0.4 is 0 Å². The molecule has 3 rings (SSSR count). The van der Waals surface area contributed by atoms with Crippen molar-refractivity contribution in [2.45, 2.75) is 78.6 Å². The zero-order chi connectivity index (χ0) is 27.1. The third-order valence-electron chi connectivity index (χ3n) is 7.35. The molecule has 0 spiro atoms. The maximum Gasteiger partial charge on any atom is 0.331 e. The maximum absolute atomic E-state index is 12.7. The third-order valence-corrected chi connectivity index (χ3v) is 7.35. The summed E-state index contributed by atoms with van der Waals surface area (Å²) in [7, 11) is 1.87. The fraction of sp³-hybridized carbons (Fsp3) is 0.586. The van der Waals surface area contributed by atoms with E-state index in [4.69, 9.17) is 14.2 Å². The standard InChI is InChI=1S/C29H40N2O6/c1-18(2)24-12-10-19(3)25-14-23(37-29(34)13-11-22-16-31(6)17-30-22)8-7-9-27(35-20(4)32)28(15-26(24)25)36-21(5)33/h7,9-11,13,16-18,23-28H,8,12,14-15H2,1-6H3/b9-7-,13-11+/t23-,24-,25+,26-,27-,28+/m1/s1. The number of hydrogen-bond donors (Lipinski definition) is 0. The smallest absolute Gasteiger partial charge is 0.331 e. The number of esters is 3. The number of imidazole rings is 1. The Hall–Kier alpha value is -3.16. The maximum atomic E-state index is 12.7. The molecule has 8 nitrogen and oxygen atoms in total. The molecule has 202 valence electrons. The Morgan fingerprint density at radius 1 is 1.08 bits per heavy atom. The molecule has 0 N–H and O–H groups in total. The van der Waals surface area contributed by atoms with Gasteiger partial charge in [-0.05, 0) is 62.0 Å². The van der Waals surface area contributed by atoms with Gasteiger partial charge >= 0.3 is 17.9 Å². The lowest BCUT2D eigenvalue weighted by Crippen LogP contribution is -2.41. The molecule has 0 saturated carbocycles. The van der Waals surface area contributed by atoms with Crippen LogP contribution in [0.5, 0.6) is 0 Å². The number of allylic oxidation sites excluding steroid dienone is 2. The Morgan fingerprint density at radius 3 is 2.43 bits per heavy atom. The highest BCUT2D eigenvalue weighted by molar-refractivity contribution is 5.86. The Labute approximate surface area is 219 Å². The summed E-state index contributed by atoms with van der Waals surface area (Å²) in [5.41, 5.74) is 1.93. The predicted octanol–water partition coefficient (Wildman–Crippen LogP) is 4.80. The van der Waals surface area contributed by atoms with Gasteiger partial charge in [0, 0.05) is 39.6 Å². The summed E-state index contributed by atoms with van der Waals surface area (Å²) in [6.07, 6.45) is 13.4. The van der Waals surface area contributed by atoms with Crippen molar-refractivity contribution in [3.05, 3.63) is 48.1 Å². The molecule has 1 aromatic rings. The van der Waals surface area contributed by atoms with Crippen molar-refractivity contribution in [1.82, 2.24) is 9.55 Å². The summed E-state index contributed by atoms with van der Waals surface area (Å²) in [5.74, 6) is -0.199. The number of fused-ring (bicyclic) bond motifs is 1. The summed E-state index contributed by atoms with van der Waals surface area (Å²) in [4.78, 5) is 40.9. The molecule has 0 aliphatic heterocycles. The van der Waals surface area contributed by atoms with Crippen molar-refractivity contribution in [2.75, 3.05) is 0 Å². The number of nitrogens with zero attached hydrogens (tertiary/aromatic N) is 2. The van der Waals surface area contributed by atoms with Gasteiger partial charge in [0.15, 0.2) is 6.10 Å². The van der Waals surface area contributed by atoms with E-state index in [-0.39, 0.29) is 17.9 Å². The second-order valence-electron chi connectivity index (χ2n) is 10.6. The van der Waals surface area contributed by atoms with Crippen LogP contribution in [-0.4, -0.2) is 45.8 Å². The van der Waals surface area contributed by atoms with E-state index in [1.165, 1.54) is 25.5 Å². The third kappa shape index (κ3) is 8.17. The van der Waals surface area contributed by atoms with E-state index >= 15 is 0 Å². The highest BCUT2D eigenvalue weighted by atomic mass is 16.6. The molecule has 1 aromatic heterocycles. The monoisotopic (exact) mass is 512 g/mol. The number of hydrogen-bond acceptors (Lipinski definition) is 7. The number of rotatable bonds is 6. The lowest BCUT2D eigenvalue weighted by atomic mass is 9.64. The Kier molecular flexibility index (Phi) is 9.89. The van der Waals surface area contributed by atoms with Crippen molar-refractivity contribution in [3.8, 4) is 0 Å². The average molecular weight is 513 g/mol. The molecule has 2 aliphatic rings. The van der Waals surface area contributed by atoms with Crippen LogP contribution in [0.3, 0.4) is 0 Å². The van der Waals surface area contributed by atoms with E-state index in [2.05, 4.69) is 31.8 Å². The van der Waals surface area contributed by atoms with E-state index in [9.17, 15) is 14.4 Å².